The van der Waals surface area contributed by atoms with Gasteiger partial charge >= 0.3 is 36.4 Å². The van der Waals surface area contributed by atoms with E-state index in [1.54, 1.807) is 130 Å². The molecular formula is C79H154N8O13. The van der Waals surface area contributed by atoms with Crippen LogP contribution in [0.25, 0.3) is 0 Å². The summed E-state index contributed by atoms with van der Waals surface area (Å²) < 4.78 is 35.8. The van der Waals surface area contributed by atoms with E-state index in [4.69, 9.17) is 39.9 Å². The second-order valence-electron chi connectivity index (χ2n) is 34.9. The van der Waals surface area contributed by atoms with Gasteiger partial charge in [0.25, 0.3) is 0 Å². The van der Waals surface area contributed by atoms with Crippen LogP contribution in [-0.2, 0) is 38.0 Å². The molecule has 21 heteroatoms. The molecular weight excluding hydrogens is 1270 g/mol. The van der Waals surface area contributed by atoms with Crippen molar-refractivity contribution in [3.8, 4) is 0 Å². The first-order chi connectivity index (χ1) is 46.3. The lowest BCUT2D eigenvalue weighted by Gasteiger charge is -2.49. The Bertz CT molecular complexity index is 2260. The Kier molecular flexibility index (Phi) is 46.7. The van der Waals surface area contributed by atoms with Gasteiger partial charge in [-0.25, -0.2) is 28.8 Å². The van der Waals surface area contributed by atoms with Gasteiger partial charge in [-0.1, -0.05) is 135 Å². The molecule has 0 heterocycles. The molecule has 100 heavy (non-hydrogen) atoms. The van der Waals surface area contributed by atoms with Crippen LogP contribution in [0.3, 0.4) is 0 Å². The largest absolute Gasteiger partial charge is 0.458 e. The van der Waals surface area contributed by atoms with Crippen LogP contribution < -0.4 is 32.7 Å². The van der Waals surface area contributed by atoms with Gasteiger partial charge in [0.2, 0.25) is 5.91 Å². The molecule has 0 aliphatic rings. The van der Waals surface area contributed by atoms with E-state index >= 15 is 14.4 Å². The number of unbranched alkanes of at least 4 members (excludes halogenated alkanes) is 21. The molecule has 8 N–H and O–H groups in total. The lowest BCUT2D eigenvalue weighted by molar-refractivity contribution is -0.176. The summed E-state index contributed by atoms with van der Waals surface area (Å²) in [5, 5.41) is 11.9. The number of nitrogens with zero attached hydrogens (tertiary/aromatic N) is 2. The number of amides is 6. The fourth-order valence-electron chi connectivity index (χ4n) is 12.2. The normalized spacial score (nSPS) is 14.5. The number of esters is 1. The second-order valence-corrected chi connectivity index (χ2v) is 34.9. The van der Waals surface area contributed by atoms with Crippen molar-refractivity contribution in [2.24, 2.45) is 17.4 Å². The van der Waals surface area contributed by atoms with E-state index in [1.807, 2.05) is 13.8 Å². The van der Waals surface area contributed by atoms with E-state index in [-0.39, 0.29) is 57.5 Å². The maximum Gasteiger partial charge on any atom is 0.411 e. The topological polar surface area (TPSA) is 282 Å². The van der Waals surface area contributed by atoms with E-state index in [2.05, 4.69) is 28.2 Å². The second kappa shape index (κ2) is 49.0. The van der Waals surface area contributed by atoms with Crippen LogP contribution in [-0.4, -0.2) is 148 Å². The van der Waals surface area contributed by atoms with Crippen molar-refractivity contribution in [2.75, 3.05) is 39.3 Å². The maximum atomic E-state index is 16.0. The molecule has 0 rings (SSSR count). The molecule has 588 valence electrons. The molecule has 0 aromatic heterocycles. The molecule has 0 bridgehead atoms. The Labute approximate surface area is 609 Å². The minimum Gasteiger partial charge on any atom is -0.458 e. The SMILES string of the molecule is CC(N)CCCCCCCCCCCCCCCCCCCCCC(=O)NCCCCCCC(CN(CCCC(C)(CCCNC(=O)OC(C)(C)C)NC(=O)OC(C)(C)C)C(=O)OC(C)(C)C)C(CCCC(C)N)(C(=O)OC(C)(C)C)N(CCCNC(=O)OC(C)(C)C)C(=O)OC(C)(C)C. The third-order valence-electron chi connectivity index (χ3n) is 17.0. The molecule has 0 aromatic rings. The number of hydrogen-bond acceptors (Lipinski definition) is 15. The molecule has 0 radical (unpaired) electrons. The Balaban J connectivity index is 6.95. The van der Waals surface area contributed by atoms with Gasteiger partial charge in [-0.2, -0.15) is 0 Å². The quantitative estimate of drug-likeness (QED) is 0.0188. The Morgan fingerprint density at radius 2 is 0.710 bits per heavy atom. The smallest absolute Gasteiger partial charge is 0.411 e. The molecule has 0 fully saturated rings. The zero-order chi connectivity index (χ0) is 76.3. The molecule has 5 unspecified atom stereocenters. The third kappa shape index (κ3) is 52.2. The van der Waals surface area contributed by atoms with E-state index in [9.17, 15) is 19.2 Å². The predicted octanol–water partition coefficient (Wildman–Crippen LogP) is 18.6. The highest BCUT2D eigenvalue weighted by Crippen LogP contribution is 2.40. The van der Waals surface area contributed by atoms with Crippen LogP contribution >= 0.6 is 0 Å². The highest BCUT2D eigenvalue weighted by Gasteiger charge is 2.55. The molecule has 0 saturated heterocycles. The van der Waals surface area contributed by atoms with Gasteiger partial charge in [0.05, 0.1) is 0 Å². The predicted molar refractivity (Wildman–Crippen MR) is 406 cm³/mol. The number of carbonyl (C=O) groups excluding carboxylic acids is 7. The van der Waals surface area contributed by atoms with Crippen LogP contribution in [0.5, 0.6) is 0 Å². The fourth-order valence-corrected chi connectivity index (χ4v) is 12.2. The maximum absolute atomic E-state index is 16.0. The lowest BCUT2D eigenvalue weighted by Crippen LogP contribution is -2.65. The van der Waals surface area contributed by atoms with Gasteiger partial charge in [-0.15, -0.1) is 0 Å². The number of nitrogens with one attached hydrogen (secondary N) is 4. The van der Waals surface area contributed by atoms with Crippen molar-refractivity contribution in [1.82, 2.24) is 31.1 Å². The molecule has 21 nitrogen and oxygen atoms in total. The van der Waals surface area contributed by atoms with Gasteiger partial charge in [0, 0.05) is 69.2 Å². The van der Waals surface area contributed by atoms with Gasteiger partial charge < -0.3 is 66.1 Å². The summed E-state index contributed by atoms with van der Waals surface area (Å²) in [5.74, 6) is -1.44. The highest BCUT2D eigenvalue weighted by atomic mass is 16.6. The number of rotatable bonds is 51. The van der Waals surface area contributed by atoms with Crippen LogP contribution in [0, 0.1) is 5.92 Å². The summed E-state index contributed by atoms with van der Waals surface area (Å²) in [7, 11) is 0. The monoisotopic (exact) mass is 1420 g/mol. The highest BCUT2D eigenvalue weighted by molar-refractivity contribution is 5.87. The zero-order valence-electron chi connectivity index (χ0n) is 67.9. The van der Waals surface area contributed by atoms with Crippen molar-refractivity contribution in [3.05, 3.63) is 0 Å². The van der Waals surface area contributed by atoms with Crippen molar-refractivity contribution in [1.29, 1.82) is 0 Å². The van der Waals surface area contributed by atoms with Gasteiger partial charge in [0.1, 0.15) is 39.1 Å². The van der Waals surface area contributed by atoms with E-state index in [1.165, 1.54) is 108 Å². The minimum atomic E-state index is -1.80. The lowest BCUT2D eigenvalue weighted by atomic mass is 9.74. The Morgan fingerprint density at radius 3 is 1.15 bits per heavy atom. The number of ether oxygens (including phenoxy) is 6. The molecule has 5 atom stereocenters. The summed E-state index contributed by atoms with van der Waals surface area (Å²) in [6, 6.07) is 0.0617. The Morgan fingerprint density at radius 1 is 0.350 bits per heavy atom. The van der Waals surface area contributed by atoms with Gasteiger partial charge in [-0.05, 0) is 222 Å². The van der Waals surface area contributed by atoms with E-state index in [0.29, 0.717) is 76.8 Å². The van der Waals surface area contributed by atoms with Gasteiger partial charge in [-0.3, -0.25) is 9.69 Å². The summed E-state index contributed by atoms with van der Waals surface area (Å²) in [6.07, 6.45) is 28.5. The first-order valence-corrected chi connectivity index (χ1v) is 39.2. The average Bonchev–Trinajstić information content (AvgIpc) is 0.756. The minimum absolute atomic E-state index is 0.0553. The first-order valence-electron chi connectivity index (χ1n) is 39.2. The van der Waals surface area contributed by atoms with E-state index in [0.717, 1.165) is 38.5 Å². The van der Waals surface area contributed by atoms with Gasteiger partial charge in [0.15, 0.2) is 0 Å². The molecule has 6 amide bonds. The summed E-state index contributed by atoms with van der Waals surface area (Å²) in [5.41, 5.74) is 4.38. The Hall–Kier alpha value is -4.79. The number of hydrogen-bond donors (Lipinski definition) is 6. The van der Waals surface area contributed by atoms with Crippen LogP contribution in [0.15, 0.2) is 0 Å². The molecule has 0 saturated carbocycles. The molecule has 0 aliphatic carbocycles. The number of nitrogens with two attached hydrogens (primary N) is 2. The molecule has 0 aliphatic heterocycles. The summed E-state index contributed by atoms with van der Waals surface area (Å²) in [4.78, 5) is 102. The molecule has 0 aromatic carbocycles. The van der Waals surface area contributed by atoms with Crippen molar-refractivity contribution in [3.63, 3.8) is 0 Å². The summed E-state index contributed by atoms with van der Waals surface area (Å²) in [6.45, 7) is 38.7. The first kappa shape index (κ1) is 95.2. The van der Waals surface area contributed by atoms with Crippen LogP contribution in [0.4, 0.5) is 24.0 Å². The standard InChI is InChI=1S/C79H154N8O13/c1-62(80)49-41-37-35-33-31-29-27-25-23-22-24-26-28-30-32-34-36-38-43-52-65(88)82-56-44-40-39-42-51-64(61-86(70(93)99-76(15,16)17)59-47-54-78(21,85-69(92)98-75(12,13)14)53-46-57-83-67(90)96-73(6,7)8)79(55-45-50-63(2)81,66(89)95-72(3,4)5)87(71(94)100-77(18,19)20)60-48-58-84-68(91)97-74(9,10)11/h62-64H,22-61,80-81H2,1-21H3,(H,82,88)(H,83,90)(H,84,91)(H,85,92). The fraction of sp³-hybridized carbons (Fsp3) is 0.911. The average molecular weight is 1420 g/mol. The number of alkyl carbamates (subject to hydrolysis) is 3. The van der Waals surface area contributed by atoms with E-state index < -0.39 is 87.0 Å². The van der Waals surface area contributed by atoms with Crippen LogP contribution in [0.2, 0.25) is 0 Å². The third-order valence-corrected chi connectivity index (χ3v) is 17.0. The van der Waals surface area contributed by atoms with Crippen LogP contribution in [0.1, 0.15) is 364 Å². The zero-order valence-corrected chi connectivity index (χ0v) is 67.9. The number of carbonyl (C=O) groups is 7. The molecule has 0 spiro atoms. The van der Waals surface area contributed by atoms with Crippen molar-refractivity contribution < 1.29 is 62.0 Å². The summed E-state index contributed by atoms with van der Waals surface area (Å²) >= 11 is 0. The van der Waals surface area contributed by atoms with Crippen molar-refractivity contribution in [2.45, 2.75) is 420 Å². The van der Waals surface area contributed by atoms with Crippen molar-refractivity contribution >= 4 is 42.3 Å².